The second kappa shape index (κ2) is 7.47. The summed E-state index contributed by atoms with van der Waals surface area (Å²) in [5.74, 6) is -0.227. The van der Waals surface area contributed by atoms with E-state index in [1.54, 1.807) is 42.2 Å². The van der Waals surface area contributed by atoms with Crippen molar-refractivity contribution in [2.75, 3.05) is 27.3 Å². The maximum absolute atomic E-state index is 12.8. The van der Waals surface area contributed by atoms with Gasteiger partial charge in [-0.3, -0.25) is 19.0 Å². The van der Waals surface area contributed by atoms with Crippen LogP contribution in [-0.4, -0.2) is 63.6 Å². The van der Waals surface area contributed by atoms with Crippen LogP contribution in [-0.2, 0) is 22.6 Å². The van der Waals surface area contributed by atoms with E-state index < -0.39 is 0 Å². The van der Waals surface area contributed by atoms with E-state index in [0.29, 0.717) is 31.9 Å². The summed E-state index contributed by atoms with van der Waals surface area (Å²) in [5, 5.41) is 11.2. The van der Waals surface area contributed by atoms with Crippen LogP contribution in [0.5, 0.6) is 0 Å². The predicted molar refractivity (Wildman–Crippen MR) is 88.8 cm³/mol. The monoisotopic (exact) mass is 346 g/mol. The van der Waals surface area contributed by atoms with Crippen LogP contribution < -0.4 is 5.32 Å². The van der Waals surface area contributed by atoms with Gasteiger partial charge in [-0.25, -0.2) is 0 Å². The van der Waals surface area contributed by atoms with E-state index in [0.717, 1.165) is 5.69 Å². The normalized spacial score (nSPS) is 16.6. The predicted octanol–water partition coefficient (Wildman–Crippen LogP) is 0.0592. The molecular formula is C16H22N6O3. The van der Waals surface area contributed by atoms with Crippen LogP contribution in [0.3, 0.4) is 0 Å². The van der Waals surface area contributed by atoms with Crippen molar-refractivity contribution in [3.63, 3.8) is 0 Å². The molecule has 0 radical (unpaired) electrons. The maximum Gasteiger partial charge on any atom is 0.274 e. The Balaban J connectivity index is 1.75. The van der Waals surface area contributed by atoms with Gasteiger partial charge in [0.2, 0.25) is 5.91 Å². The SMILES string of the molecule is CNC(=O)C[C@H]1CN(C(=O)c2ccn(CCOC)n2)Cc2ccnn21. The van der Waals surface area contributed by atoms with Gasteiger partial charge < -0.3 is 15.0 Å². The Morgan fingerprint density at radius 3 is 3.00 bits per heavy atom. The number of nitrogens with zero attached hydrogens (tertiary/aromatic N) is 5. The molecule has 0 bridgehead atoms. The van der Waals surface area contributed by atoms with Crippen molar-refractivity contribution in [3.8, 4) is 0 Å². The van der Waals surface area contributed by atoms with Gasteiger partial charge in [0.25, 0.3) is 5.91 Å². The molecule has 0 unspecified atom stereocenters. The molecule has 3 rings (SSSR count). The van der Waals surface area contributed by atoms with E-state index in [-0.39, 0.29) is 24.3 Å². The third kappa shape index (κ3) is 3.71. The Bertz CT molecular complexity index is 753. The number of rotatable bonds is 6. The second-order valence-electron chi connectivity index (χ2n) is 5.94. The first-order valence-corrected chi connectivity index (χ1v) is 8.17. The van der Waals surface area contributed by atoms with E-state index in [1.807, 2.05) is 10.7 Å². The standard InChI is InChI=1S/C16H22N6O3/c1-17-15(23)9-13-11-20(10-12-3-5-18-22(12)13)16(24)14-4-6-21(19-14)7-8-25-2/h3-6,13H,7-11H2,1-2H3,(H,17,23)/t13-/m0/s1. The topological polar surface area (TPSA) is 94.3 Å². The smallest absolute Gasteiger partial charge is 0.274 e. The molecule has 25 heavy (non-hydrogen) atoms. The first-order chi connectivity index (χ1) is 12.1. The first-order valence-electron chi connectivity index (χ1n) is 8.17. The second-order valence-corrected chi connectivity index (χ2v) is 5.94. The number of fused-ring (bicyclic) bond motifs is 1. The van der Waals surface area contributed by atoms with Crippen LogP contribution in [0, 0.1) is 0 Å². The molecule has 3 heterocycles. The van der Waals surface area contributed by atoms with Crippen molar-refractivity contribution in [2.45, 2.75) is 25.6 Å². The summed E-state index contributed by atoms with van der Waals surface area (Å²) in [6, 6.07) is 3.39. The van der Waals surface area contributed by atoms with Gasteiger partial charge >= 0.3 is 0 Å². The minimum atomic E-state index is -0.182. The lowest BCUT2D eigenvalue weighted by molar-refractivity contribution is -0.121. The summed E-state index contributed by atoms with van der Waals surface area (Å²) in [5.41, 5.74) is 1.30. The van der Waals surface area contributed by atoms with Gasteiger partial charge in [-0.05, 0) is 12.1 Å². The molecule has 0 spiro atoms. The first kappa shape index (κ1) is 17.2. The summed E-state index contributed by atoms with van der Waals surface area (Å²) < 4.78 is 8.54. The minimum absolute atomic E-state index is 0.0791. The fourth-order valence-corrected chi connectivity index (χ4v) is 2.96. The lowest BCUT2D eigenvalue weighted by Crippen LogP contribution is -2.42. The highest BCUT2D eigenvalue weighted by atomic mass is 16.5. The van der Waals surface area contributed by atoms with Crippen molar-refractivity contribution in [1.82, 2.24) is 29.8 Å². The third-order valence-electron chi connectivity index (χ3n) is 4.25. The minimum Gasteiger partial charge on any atom is -0.383 e. The van der Waals surface area contributed by atoms with Crippen molar-refractivity contribution >= 4 is 11.8 Å². The number of hydrogen-bond donors (Lipinski definition) is 1. The third-order valence-corrected chi connectivity index (χ3v) is 4.25. The van der Waals surface area contributed by atoms with Crippen LogP contribution in [0.25, 0.3) is 0 Å². The van der Waals surface area contributed by atoms with Gasteiger partial charge in [-0.15, -0.1) is 0 Å². The Morgan fingerprint density at radius 1 is 1.40 bits per heavy atom. The molecule has 0 saturated heterocycles. The number of methoxy groups -OCH3 is 1. The average molecular weight is 346 g/mol. The molecule has 2 aromatic heterocycles. The molecule has 1 aliphatic heterocycles. The van der Waals surface area contributed by atoms with Gasteiger partial charge in [0.05, 0.1) is 37.9 Å². The molecule has 2 amide bonds. The number of ether oxygens (including phenoxy) is 1. The fraction of sp³-hybridized carbons (Fsp3) is 0.500. The zero-order valence-corrected chi connectivity index (χ0v) is 14.4. The molecule has 9 nitrogen and oxygen atoms in total. The van der Waals surface area contributed by atoms with Gasteiger partial charge in [0.15, 0.2) is 0 Å². The highest BCUT2D eigenvalue weighted by Crippen LogP contribution is 2.24. The van der Waals surface area contributed by atoms with Gasteiger partial charge in [-0.1, -0.05) is 0 Å². The van der Waals surface area contributed by atoms with Crippen LogP contribution >= 0.6 is 0 Å². The van der Waals surface area contributed by atoms with Crippen molar-refractivity contribution in [3.05, 3.63) is 35.9 Å². The van der Waals surface area contributed by atoms with E-state index in [2.05, 4.69) is 15.5 Å². The Labute approximate surface area is 145 Å². The van der Waals surface area contributed by atoms with Gasteiger partial charge in [0.1, 0.15) is 5.69 Å². The summed E-state index contributed by atoms with van der Waals surface area (Å²) in [7, 11) is 3.23. The molecular weight excluding hydrogens is 324 g/mol. The molecule has 1 atom stereocenters. The molecule has 0 saturated carbocycles. The molecule has 2 aromatic rings. The van der Waals surface area contributed by atoms with Crippen LogP contribution in [0.4, 0.5) is 0 Å². The summed E-state index contributed by atoms with van der Waals surface area (Å²) in [6.45, 7) is 2.00. The van der Waals surface area contributed by atoms with Crippen molar-refractivity contribution in [2.24, 2.45) is 0 Å². The number of nitrogens with one attached hydrogen (secondary N) is 1. The zero-order chi connectivity index (χ0) is 17.8. The molecule has 0 aliphatic carbocycles. The quantitative estimate of drug-likeness (QED) is 0.798. The fourth-order valence-electron chi connectivity index (χ4n) is 2.96. The molecule has 1 aliphatic rings. The number of amides is 2. The lowest BCUT2D eigenvalue weighted by atomic mass is 10.1. The van der Waals surface area contributed by atoms with Crippen LogP contribution in [0.2, 0.25) is 0 Å². The van der Waals surface area contributed by atoms with Gasteiger partial charge in [0, 0.05) is 33.1 Å². The Kier molecular flexibility index (Phi) is 5.13. The highest BCUT2D eigenvalue weighted by Gasteiger charge is 2.31. The Morgan fingerprint density at radius 2 is 2.24 bits per heavy atom. The van der Waals surface area contributed by atoms with Crippen molar-refractivity contribution in [1.29, 1.82) is 0 Å². The molecule has 1 N–H and O–H groups in total. The van der Waals surface area contributed by atoms with Gasteiger partial charge in [-0.2, -0.15) is 10.2 Å². The molecule has 0 aromatic carbocycles. The van der Waals surface area contributed by atoms with Crippen LogP contribution in [0.1, 0.15) is 28.6 Å². The van der Waals surface area contributed by atoms with E-state index in [9.17, 15) is 9.59 Å². The van der Waals surface area contributed by atoms with Crippen LogP contribution in [0.15, 0.2) is 24.5 Å². The van der Waals surface area contributed by atoms with E-state index >= 15 is 0 Å². The number of carbonyl (C=O) groups is 2. The number of aromatic nitrogens is 4. The van der Waals surface area contributed by atoms with Crippen molar-refractivity contribution < 1.29 is 14.3 Å². The number of hydrogen-bond acceptors (Lipinski definition) is 5. The molecule has 9 heteroatoms. The largest absolute Gasteiger partial charge is 0.383 e. The molecule has 0 fully saturated rings. The summed E-state index contributed by atoms with van der Waals surface area (Å²) in [4.78, 5) is 26.3. The van der Waals surface area contributed by atoms with E-state index in [4.69, 9.17) is 4.74 Å². The Hall–Kier alpha value is -2.68. The zero-order valence-electron chi connectivity index (χ0n) is 14.4. The summed E-state index contributed by atoms with van der Waals surface area (Å²) >= 11 is 0. The summed E-state index contributed by atoms with van der Waals surface area (Å²) in [6.07, 6.45) is 3.74. The maximum atomic E-state index is 12.8. The lowest BCUT2D eigenvalue weighted by Gasteiger charge is -2.33. The molecule has 134 valence electrons. The number of carbonyl (C=O) groups excluding carboxylic acids is 2. The van der Waals surface area contributed by atoms with E-state index in [1.165, 1.54) is 0 Å². The highest BCUT2D eigenvalue weighted by molar-refractivity contribution is 5.92. The average Bonchev–Trinajstić information content (AvgIpc) is 3.28.